The minimum Gasteiger partial charge on any atom is -0.387 e. The summed E-state index contributed by atoms with van der Waals surface area (Å²) in [5, 5.41) is 27.6. The summed E-state index contributed by atoms with van der Waals surface area (Å²) in [6.45, 7) is 9.87. The number of hydrogen-bond acceptors (Lipinski definition) is 5. The summed E-state index contributed by atoms with van der Waals surface area (Å²) in [4.78, 5) is 5.85. The van der Waals surface area contributed by atoms with Gasteiger partial charge in [-0.25, -0.2) is 4.99 Å². The Balaban J connectivity index is 1.65. The van der Waals surface area contributed by atoms with Crippen molar-refractivity contribution in [2.24, 2.45) is 12.0 Å². The molecule has 8 heteroatoms. The lowest BCUT2D eigenvalue weighted by atomic mass is 9.86. The molecule has 31 heavy (non-hydrogen) atoms. The fourth-order valence-electron chi connectivity index (χ4n) is 3.01. The molecule has 0 aliphatic carbocycles. The van der Waals surface area contributed by atoms with E-state index in [0.29, 0.717) is 25.6 Å². The Hall–Kier alpha value is -2.71. The van der Waals surface area contributed by atoms with Gasteiger partial charge in [0.15, 0.2) is 11.8 Å². The topological polar surface area (TPSA) is 87.4 Å². The van der Waals surface area contributed by atoms with Gasteiger partial charge in [0, 0.05) is 18.5 Å². The zero-order valence-electron chi connectivity index (χ0n) is 18.9. The molecule has 2 heterocycles. The Morgan fingerprint density at radius 1 is 1.16 bits per heavy atom. The smallest absolute Gasteiger partial charge is 0.192 e. The van der Waals surface area contributed by atoms with Gasteiger partial charge in [-0.2, -0.15) is 0 Å². The molecule has 7 nitrogen and oxygen atoms in total. The van der Waals surface area contributed by atoms with Crippen molar-refractivity contribution in [3.8, 4) is 0 Å². The van der Waals surface area contributed by atoms with Crippen LogP contribution in [0.5, 0.6) is 0 Å². The van der Waals surface area contributed by atoms with Gasteiger partial charge < -0.3 is 20.3 Å². The number of nitrogens with zero attached hydrogens (tertiary/aromatic N) is 4. The van der Waals surface area contributed by atoms with E-state index in [9.17, 15) is 5.11 Å². The third-order valence-corrected chi connectivity index (χ3v) is 6.07. The number of nitrogens with one attached hydrogen (secondary N) is 2. The van der Waals surface area contributed by atoms with E-state index in [1.54, 1.807) is 11.3 Å². The molecule has 0 bridgehead atoms. The summed E-state index contributed by atoms with van der Waals surface area (Å²) in [5.41, 5.74) is 2.21. The van der Waals surface area contributed by atoms with E-state index >= 15 is 0 Å². The summed E-state index contributed by atoms with van der Waals surface area (Å²) >= 11 is 1.69. The molecule has 3 N–H and O–H groups in total. The van der Waals surface area contributed by atoms with E-state index in [0.717, 1.165) is 17.2 Å². The van der Waals surface area contributed by atoms with Crippen LogP contribution in [0.4, 0.5) is 0 Å². The van der Waals surface area contributed by atoms with E-state index in [4.69, 9.17) is 0 Å². The molecular weight excluding hydrogens is 408 g/mol. The second-order valence-electron chi connectivity index (χ2n) is 8.59. The van der Waals surface area contributed by atoms with Crippen molar-refractivity contribution in [1.82, 2.24) is 25.4 Å². The van der Waals surface area contributed by atoms with Crippen molar-refractivity contribution in [3.63, 3.8) is 0 Å². The summed E-state index contributed by atoms with van der Waals surface area (Å²) < 4.78 is 1.92. The van der Waals surface area contributed by atoms with Crippen molar-refractivity contribution >= 4 is 17.3 Å². The molecule has 1 aromatic carbocycles. The lowest BCUT2D eigenvalue weighted by Crippen LogP contribution is -2.39. The summed E-state index contributed by atoms with van der Waals surface area (Å²) in [6, 6.07) is 12.3. The van der Waals surface area contributed by atoms with Gasteiger partial charge in [0.2, 0.25) is 0 Å². The maximum Gasteiger partial charge on any atom is 0.192 e. The van der Waals surface area contributed by atoms with Gasteiger partial charge in [-0.15, -0.1) is 21.5 Å². The van der Waals surface area contributed by atoms with Crippen LogP contribution < -0.4 is 10.6 Å². The molecule has 0 fully saturated rings. The summed E-state index contributed by atoms with van der Waals surface area (Å²) in [6.07, 6.45) is -0.639. The predicted molar refractivity (Wildman–Crippen MR) is 126 cm³/mol. The molecule has 0 saturated heterocycles. The Morgan fingerprint density at radius 2 is 1.90 bits per heavy atom. The minimum atomic E-state index is -0.639. The standard InChI is InChI=1S/C23H32N6OS/c1-16-27-28-21(29(16)5)15-26-22(24-13-19-7-6-12-31-19)25-14-20(30)17-8-10-18(11-9-17)23(2,3)4/h6-12,20,30H,13-15H2,1-5H3,(H2,24,25,26). The first-order valence-electron chi connectivity index (χ1n) is 10.4. The normalized spacial score (nSPS) is 13.3. The second kappa shape index (κ2) is 10.1. The van der Waals surface area contributed by atoms with Crippen LogP contribution >= 0.6 is 11.3 Å². The number of aliphatic hydroxyl groups excluding tert-OH is 1. The van der Waals surface area contributed by atoms with Crippen LogP contribution in [0.3, 0.4) is 0 Å². The van der Waals surface area contributed by atoms with Gasteiger partial charge >= 0.3 is 0 Å². The molecule has 1 atom stereocenters. The zero-order valence-corrected chi connectivity index (χ0v) is 19.7. The highest BCUT2D eigenvalue weighted by Crippen LogP contribution is 2.23. The first-order chi connectivity index (χ1) is 14.7. The fourth-order valence-corrected chi connectivity index (χ4v) is 3.66. The van der Waals surface area contributed by atoms with E-state index in [2.05, 4.69) is 70.2 Å². The number of thiophene rings is 1. The third kappa shape index (κ3) is 6.38. The fraction of sp³-hybridized carbons (Fsp3) is 0.435. The molecule has 166 valence electrons. The number of hydrogen-bond donors (Lipinski definition) is 3. The molecule has 3 aromatic rings. The number of guanidine groups is 1. The number of aliphatic hydroxyl groups is 1. The van der Waals surface area contributed by atoms with Crippen LogP contribution in [-0.4, -0.2) is 32.4 Å². The van der Waals surface area contributed by atoms with Crippen LogP contribution in [0.25, 0.3) is 0 Å². The maximum atomic E-state index is 10.7. The van der Waals surface area contributed by atoms with Crippen LogP contribution in [0, 0.1) is 6.92 Å². The lowest BCUT2D eigenvalue weighted by Gasteiger charge is -2.20. The molecular formula is C23H32N6OS. The molecule has 3 rings (SSSR count). The predicted octanol–water partition coefficient (Wildman–Crippen LogP) is 3.45. The molecule has 2 aromatic heterocycles. The number of benzene rings is 1. The van der Waals surface area contributed by atoms with Crippen LogP contribution in [0.1, 0.15) is 54.5 Å². The van der Waals surface area contributed by atoms with Crippen molar-refractivity contribution in [3.05, 3.63) is 69.4 Å². The Labute approximate surface area is 188 Å². The van der Waals surface area contributed by atoms with Crippen LogP contribution in [0.15, 0.2) is 46.8 Å². The van der Waals surface area contributed by atoms with Gasteiger partial charge in [0.1, 0.15) is 12.4 Å². The number of aryl methyl sites for hydroxylation is 1. The quantitative estimate of drug-likeness (QED) is 0.387. The molecule has 0 saturated carbocycles. The Bertz CT molecular complexity index is 986. The average Bonchev–Trinajstić information content (AvgIpc) is 3.37. The first kappa shape index (κ1) is 23.0. The number of aromatic nitrogens is 3. The largest absolute Gasteiger partial charge is 0.387 e. The highest BCUT2D eigenvalue weighted by molar-refractivity contribution is 7.09. The highest BCUT2D eigenvalue weighted by Gasteiger charge is 2.15. The minimum absolute atomic E-state index is 0.0888. The first-order valence-corrected chi connectivity index (χ1v) is 11.3. The average molecular weight is 441 g/mol. The highest BCUT2D eigenvalue weighted by atomic mass is 32.1. The second-order valence-corrected chi connectivity index (χ2v) is 9.62. The molecule has 1 unspecified atom stereocenters. The molecule has 0 spiro atoms. The molecule has 0 amide bonds. The van der Waals surface area contributed by atoms with Gasteiger partial charge in [-0.1, -0.05) is 51.1 Å². The van der Waals surface area contributed by atoms with Crippen molar-refractivity contribution in [1.29, 1.82) is 0 Å². The van der Waals surface area contributed by atoms with E-state index < -0.39 is 6.10 Å². The summed E-state index contributed by atoms with van der Waals surface area (Å²) in [5.74, 6) is 2.26. The van der Waals surface area contributed by atoms with Crippen LogP contribution in [-0.2, 0) is 25.6 Å². The SMILES string of the molecule is Cc1nnc(CN=C(NCc2cccs2)NCC(O)c2ccc(C(C)(C)C)cc2)n1C. The monoisotopic (exact) mass is 440 g/mol. The number of aliphatic imine (C=N–C) groups is 1. The third-order valence-electron chi connectivity index (χ3n) is 5.20. The zero-order chi connectivity index (χ0) is 22.4. The Kier molecular flexibility index (Phi) is 7.46. The maximum absolute atomic E-state index is 10.7. The molecule has 0 radical (unpaired) electrons. The molecule has 0 aliphatic heterocycles. The van der Waals surface area contributed by atoms with Gasteiger partial charge in [0.05, 0.1) is 12.6 Å². The Morgan fingerprint density at radius 3 is 2.48 bits per heavy atom. The van der Waals surface area contributed by atoms with Gasteiger partial charge in [0.25, 0.3) is 0 Å². The lowest BCUT2D eigenvalue weighted by molar-refractivity contribution is 0.180. The van der Waals surface area contributed by atoms with E-state index in [-0.39, 0.29) is 5.41 Å². The van der Waals surface area contributed by atoms with Gasteiger partial charge in [-0.05, 0) is 34.9 Å². The van der Waals surface area contributed by atoms with E-state index in [1.807, 2.05) is 36.7 Å². The van der Waals surface area contributed by atoms with Gasteiger partial charge in [-0.3, -0.25) is 0 Å². The number of rotatable bonds is 7. The van der Waals surface area contributed by atoms with Crippen molar-refractivity contribution in [2.75, 3.05) is 6.54 Å². The van der Waals surface area contributed by atoms with E-state index in [1.165, 1.54) is 10.4 Å². The van der Waals surface area contributed by atoms with Crippen molar-refractivity contribution < 1.29 is 5.11 Å². The molecule has 0 aliphatic rings. The summed E-state index contributed by atoms with van der Waals surface area (Å²) in [7, 11) is 1.93. The van der Waals surface area contributed by atoms with Crippen LogP contribution in [0.2, 0.25) is 0 Å². The van der Waals surface area contributed by atoms with Crippen molar-refractivity contribution in [2.45, 2.75) is 52.3 Å².